The Morgan fingerprint density at radius 1 is 1.16 bits per heavy atom. The molecule has 1 aliphatic heterocycles. The molecule has 2 atom stereocenters. The molecule has 0 saturated carbocycles. The van der Waals surface area contributed by atoms with Crippen molar-refractivity contribution in [3.8, 4) is 0 Å². The number of hydrogen-bond donors (Lipinski definition) is 1. The summed E-state index contributed by atoms with van der Waals surface area (Å²) in [6.45, 7) is 17.1. The number of nitrogens with one attached hydrogen (secondary N) is 1. The average molecular weight is 268 g/mol. The molecule has 0 aromatic carbocycles. The van der Waals surface area contributed by atoms with Gasteiger partial charge in [0.2, 0.25) is 5.91 Å². The molecule has 3 nitrogen and oxygen atoms in total. The van der Waals surface area contributed by atoms with Crippen LogP contribution < -0.4 is 5.32 Å². The molecular formula is C16H32N2O. The zero-order chi connectivity index (χ0) is 14.8. The smallest absolute Gasteiger partial charge is 0.225 e. The van der Waals surface area contributed by atoms with Crippen LogP contribution in [0.25, 0.3) is 0 Å². The number of nitrogens with zero attached hydrogens (tertiary/aromatic N) is 1. The van der Waals surface area contributed by atoms with Crippen LogP contribution in [0.5, 0.6) is 0 Å². The number of amides is 1. The van der Waals surface area contributed by atoms with Crippen LogP contribution in [0.15, 0.2) is 0 Å². The van der Waals surface area contributed by atoms with E-state index in [2.05, 4.69) is 37.9 Å². The van der Waals surface area contributed by atoms with Crippen LogP contribution in [-0.2, 0) is 4.79 Å². The standard InChI is InChI=1S/C16H32N2O/c1-11(2)13-8-14(10-18(9-13)12(3)4)17-15(19)16(5,6)7/h11-14H,8-10H2,1-7H3,(H,17,19). The van der Waals surface area contributed by atoms with Gasteiger partial charge in [-0.15, -0.1) is 0 Å². The van der Waals surface area contributed by atoms with Gasteiger partial charge in [-0.3, -0.25) is 9.69 Å². The molecule has 1 rings (SSSR count). The van der Waals surface area contributed by atoms with Crippen LogP contribution in [0.4, 0.5) is 0 Å². The van der Waals surface area contributed by atoms with E-state index in [1.54, 1.807) is 0 Å². The Labute approximate surface area is 119 Å². The van der Waals surface area contributed by atoms with Gasteiger partial charge < -0.3 is 5.32 Å². The fraction of sp³-hybridized carbons (Fsp3) is 0.938. The van der Waals surface area contributed by atoms with Gasteiger partial charge >= 0.3 is 0 Å². The molecule has 19 heavy (non-hydrogen) atoms. The summed E-state index contributed by atoms with van der Waals surface area (Å²) in [5.74, 6) is 1.53. The van der Waals surface area contributed by atoms with Gasteiger partial charge in [-0.25, -0.2) is 0 Å². The second-order valence-corrected chi connectivity index (χ2v) is 7.71. The van der Waals surface area contributed by atoms with Gasteiger partial charge in [0.05, 0.1) is 0 Å². The fourth-order valence-corrected chi connectivity index (χ4v) is 2.58. The monoisotopic (exact) mass is 268 g/mol. The quantitative estimate of drug-likeness (QED) is 0.853. The van der Waals surface area contributed by atoms with Crippen molar-refractivity contribution in [3.63, 3.8) is 0 Å². The molecule has 1 heterocycles. The third-order valence-electron chi connectivity index (χ3n) is 4.20. The first kappa shape index (κ1) is 16.5. The summed E-state index contributed by atoms with van der Waals surface area (Å²) in [6.07, 6.45) is 1.11. The largest absolute Gasteiger partial charge is 0.352 e. The van der Waals surface area contributed by atoms with Crippen LogP contribution in [-0.4, -0.2) is 36.0 Å². The Bertz CT molecular complexity index is 288. The maximum atomic E-state index is 12.2. The maximum Gasteiger partial charge on any atom is 0.225 e. The van der Waals surface area contributed by atoms with Gasteiger partial charge in [-0.05, 0) is 32.1 Å². The minimum atomic E-state index is -0.298. The summed E-state index contributed by atoms with van der Waals surface area (Å²) < 4.78 is 0. The van der Waals surface area contributed by atoms with Crippen molar-refractivity contribution in [1.82, 2.24) is 10.2 Å². The molecule has 0 bridgehead atoms. The molecule has 1 N–H and O–H groups in total. The third-order valence-corrected chi connectivity index (χ3v) is 4.20. The highest BCUT2D eigenvalue weighted by atomic mass is 16.2. The lowest BCUT2D eigenvalue weighted by Gasteiger charge is -2.42. The van der Waals surface area contributed by atoms with E-state index >= 15 is 0 Å². The molecular weight excluding hydrogens is 236 g/mol. The number of hydrogen-bond acceptors (Lipinski definition) is 2. The van der Waals surface area contributed by atoms with Crippen LogP contribution in [0.2, 0.25) is 0 Å². The highest BCUT2D eigenvalue weighted by molar-refractivity contribution is 5.81. The summed E-state index contributed by atoms with van der Waals surface area (Å²) in [4.78, 5) is 14.7. The molecule has 1 aliphatic rings. The van der Waals surface area contributed by atoms with E-state index in [1.807, 2.05) is 20.8 Å². The zero-order valence-corrected chi connectivity index (χ0v) is 13.8. The zero-order valence-electron chi connectivity index (χ0n) is 13.8. The fourth-order valence-electron chi connectivity index (χ4n) is 2.58. The van der Waals surface area contributed by atoms with Gasteiger partial charge in [-0.1, -0.05) is 34.6 Å². The molecule has 0 aromatic rings. The summed E-state index contributed by atoms with van der Waals surface area (Å²) in [5.41, 5.74) is -0.298. The van der Waals surface area contributed by atoms with Crippen molar-refractivity contribution < 1.29 is 4.79 Å². The second kappa shape index (κ2) is 6.25. The van der Waals surface area contributed by atoms with Crippen LogP contribution in [0, 0.1) is 17.3 Å². The van der Waals surface area contributed by atoms with E-state index in [4.69, 9.17) is 0 Å². The van der Waals surface area contributed by atoms with Crippen molar-refractivity contribution in [2.45, 2.75) is 67.0 Å². The molecule has 1 saturated heterocycles. The van der Waals surface area contributed by atoms with Crippen molar-refractivity contribution >= 4 is 5.91 Å². The van der Waals surface area contributed by atoms with E-state index in [0.717, 1.165) is 19.5 Å². The summed E-state index contributed by atoms with van der Waals surface area (Å²) in [7, 11) is 0. The molecule has 1 amide bonds. The lowest BCUT2D eigenvalue weighted by Crippen LogP contribution is -2.55. The Morgan fingerprint density at radius 2 is 1.74 bits per heavy atom. The van der Waals surface area contributed by atoms with Crippen LogP contribution in [0.3, 0.4) is 0 Å². The van der Waals surface area contributed by atoms with Gasteiger partial charge in [0.15, 0.2) is 0 Å². The summed E-state index contributed by atoms with van der Waals surface area (Å²) in [6, 6.07) is 0.853. The molecule has 112 valence electrons. The van der Waals surface area contributed by atoms with Crippen molar-refractivity contribution in [2.75, 3.05) is 13.1 Å². The average Bonchev–Trinajstić information content (AvgIpc) is 2.27. The van der Waals surface area contributed by atoms with Gasteiger partial charge in [0.1, 0.15) is 0 Å². The molecule has 0 spiro atoms. The van der Waals surface area contributed by atoms with E-state index in [0.29, 0.717) is 23.9 Å². The third kappa shape index (κ3) is 4.79. The van der Waals surface area contributed by atoms with Crippen molar-refractivity contribution in [3.05, 3.63) is 0 Å². The highest BCUT2D eigenvalue weighted by Crippen LogP contribution is 2.26. The summed E-state index contributed by atoms with van der Waals surface area (Å²) in [5, 5.41) is 3.25. The number of carbonyl (C=O) groups is 1. The molecule has 1 fully saturated rings. The van der Waals surface area contributed by atoms with Gasteiger partial charge in [-0.2, -0.15) is 0 Å². The maximum absolute atomic E-state index is 12.2. The second-order valence-electron chi connectivity index (χ2n) is 7.71. The minimum Gasteiger partial charge on any atom is -0.352 e. The molecule has 0 aliphatic carbocycles. The van der Waals surface area contributed by atoms with E-state index in [1.165, 1.54) is 0 Å². The Kier molecular flexibility index (Phi) is 5.43. The Balaban J connectivity index is 2.69. The lowest BCUT2D eigenvalue weighted by atomic mass is 9.84. The van der Waals surface area contributed by atoms with E-state index in [9.17, 15) is 4.79 Å². The normalized spacial score (nSPS) is 25.9. The van der Waals surface area contributed by atoms with Crippen LogP contribution >= 0.6 is 0 Å². The number of rotatable bonds is 3. The lowest BCUT2D eigenvalue weighted by molar-refractivity contribution is -0.130. The van der Waals surface area contributed by atoms with E-state index in [-0.39, 0.29) is 11.3 Å². The van der Waals surface area contributed by atoms with Gasteiger partial charge in [0, 0.05) is 30.6 Å². The topological polar surface area (TPSA) is 32.3 Å². The first-order chi connectivity index (χ1) is 8.61. The number of piperidine rings is 1. The Morgan fingerprint density at radius 3 is 2.16 bits per heavy atom. The van der Waals surface area contributed by atoms with Crippen molar-refractivity contribution in [2.24, 2.45) is 17.3 Å². The first-order valence-electron chi connectivity index (χ1n) is 7.66. The molecule has 3 heteroatoms. The first-order valence-corrected chi connectivity index (χ1v) is 7.66. The predicted molar refractivity (Wildman–Crippen MR) is 81.0 cm³/mol. The summed E-state index contributed by atoms with van der Waals surface area (Å²) >= 11 is 0. The molecule has 0 aromatic heterocycles. The van der Waals surface area contributed by atoms with Gasteiger partial charge in [0.25, 0.3) is 0 Å². The predicted octanol–water partition coefficient (Wildman–Crippen LogP) is 2.90. The molecule has 2 unspecified atom stereocenters. The SMILES string of the molecule is CC(C)C1CC(NC(=O)C(C)(C)C)CN(C(C)C)C1. The Hall–Kier alpha value is -0.570. The highest BCUT2D eigenvalue weighted by Gasteiger charge is 2.32. The van der Waals surface area contributed by atoms with Crippen molar-refractivity contribution in [1.29, 1.82) is 0 Å². The van der Waals surface area contributed by atoms with E-state index < -0.39 is 0 Å². The number of likely N-dealkylation sites (tertiary alicyclic amines) is 1. The number of carbonyl (C=O) groups excluding carboxylic acids is 1. The molecule has 0 radical (unpaired) electrons. The van der Waals surface area contributed by atoms with Crippen LogP contribution in [0.1, 0.15) is 54.9 Å². The minimum absolute atomic E-state index is 0.172.